The number of halogens is 4. The molecule has 1 atom stereocenters. The predicted octanol–water partition coefficient (Wildman–Crippen LogP) is 5.98. The van der Waals surface area contributed by atoms with E-state index in [1.807, 2.05) is 0 Å². The zero-order valence-electron chi connectivity index (χ0n) is 10.1. The highest BCUT2D eigenvalue weighted by molar-refractivity contribution is 9.10. The number of hydrogen-bond donors (Lipinski definition) is 0. The third-order valence-corrected chi connectivity index (χ3v) is 4.85. The molecule has 0 nitrogen and oxygen atoms in total. The summed E-state index contributed by atoms with van der Waals surface area (Å²) in [6.07, 6.45) is 6.72. The fourth-order valence-electron chi connectivity index (χ4n) is 2.61. The molecule has 0 spiro atoms. The Bertz CT molecular complexity index is 415. The Morgan fingerprint density at radius 2 is 1.67 bits per heavy atom. The second-order valence-electron chi connectivity index (χ2n) is 4.94. The zero-order chi connectivity index (χ0) is 13.1. The molecule has 4 heteroatoms. The molecule has 0 N–H and O–H groups in total. The highest BCUT2D eigenvalue weighted by atomic mass is 79.9. The lowest BCUT2D eigenvalue weighted by Gasteiger charge is -2.21. The third-order valence-electron chi connectivity index (χ3n) is 3.65. The SMILES string of the molecule is Fc1cc(C(Cl)C2CCCCCC2)c(F)cc1Br. The van der Waals surface area contributed by atoms with Gasteiger partial charge in [-0.3, -0.25) is 0 Å². The summed E-state index contributed by atoms with van der Waals surface area (Å²) in [4.78, 5) is 0. The fourth-order valence-corrected chi connectivity index (χ4v) is 3.34. The summed E-state index contributed by atoms with van der Waals surface area (Å²) < 4.78 is 27.5. The Hall–Kier alpha value is -0.150. The highest BCUT2D eigenvalue weighted by Gasteiger charge is 2.25. The summed E-state index contributed by atoms with van der Waals surface area (Å²) in [5, 5.41) is -0.425. The van der Waals surface area contributed by atoms with Crippen LogP contribution in [0.15, 0.2) is 16.6 Å². The van der Waals surface area contributed by atoms with Gasteiger partial charge >= 0.3 is 0 Å². The van der Waals surface area contributed by atoms with Gasteiger partial charge in [0.15, 0.2) is 0 Å². The van der Waals surface area contributed by atoms with Crippen molar-refractivity contribution in [2.24, 2.45) is 5.92 Å². The van der Waals surface area contributed by atoms with Crippen LogP contribution in [0.5, 0.6) is 0 Å². The van der Waals surface area contributed by atoms with Gasteiger partial charge in [0.05, 0.1) is 9.85 Å². The standard InChI is InChI=1S/C14H16BrClF2/c15-11-8-12(17)10(7-13(11)18)14(16)9-5-3-1-2-4-6-9/h7-9,14H,1-6H2. The molecule has 0 radical (unpaired) electrons. The predicted molar refractivity (Wildman–Crippen MR) is 73.8 cm³/mol. The molecule has 1 saturated carbocycles. The van der Waals surface area contributed by atoms with Crippen LogP contribution in [0.3, 0.4) is 0 Å². The maximum Gasteiger partial charge on any atom is 0.137 e. The average Bonchev–Trinajstić information content (AvgIpc) is 2.61. The van der Waals surface area contributed by atoms with Gasteiger partial charge < -0.3 is 0 Å². The van der Waals surface area contributed by atoms with E-state index in [9.17, 15) is 8.78 Å². The summed E-state index contributed by atoms with van der Waals surface area (Å²) in [5.41, 5.74) is 0.296. The monoisotopic (exact) mass is 336 g/mol. The molecular weight excluding hydrogens is 322 g/mol. The van der Waals surface area contributed by atoms with Gasteiger partial charge in [0.25, 0.3) is 0 Å². The summed E-state index contributed by atoms with van der Waals surface area (Å²) in [7, 11) is 0. The first-order valence-electron chi connectivity index (χ1n) is 6.38. The van der Waals surface area contributed by atoms with E-state index in [1.54, 1.807) is 0 Å². The van der Waals surface area contributed by atoms with Crippen molar-refractivity contribution in [1.82, 2.24) is 0 Å². The maximum absolute atomic E-state index is 13.9. The van der Waals surface area contributed by atoms with Gasteiger partial charge in [-0.15, -0.1) is 11.6 Å². The van der Waals surface area contributed by atoms with Gasteiger partial charge in [-0.2, -0.15) is 0 Å². The van der Waals surface area contributed by atoms with E-state index in [0.29, 0.717) is 5.56 Å². The molecule has 1 aromatic rings. The van der Waals surface area contributed by atoms with E-state index < -0.39 is 17.0 Å². The van der Waals surface area contributed by atoms with E-state index >= 15 is 0 Å². The molecule has 0 heterocycles. The van der Waals surface area contributed by atoms with E-state index in [2.05, 4.69) is 15.9 Å². The first-order valence-corrected chi connectivity index (χ1v) is 7.61. The maximum atomic E-state index is 13.9. The zero-order valence-corrected chi connectivity index (χ0v) is 12.4. The number of benzene rings is 1. The van der Waals surface area contributed by atoms with Crippen LogP contribution < -0.4 is 0 Å². The number of rotatable bonds is 2. The van der Waals surface area contributed by atoms with E-state index in [-0.39, 0.29) is 10.4 Å². The van der Waals surface area contributed by atoms with Crippen LogP contribution in [-0.2, 0) is 0 Å². The number of hydrogen-bond acceptors (Lipinski definition) is 0. The molecule has 0 amide bonds. The van der Waals surface area contributed by atoms with E-state index in [1.165, 1.54) is 18.9 Å². The Kier molecular flexibility index (Phi) is 5.02. The molecule has 0 aromatic heterocycles. The van der Waals surface area contributed by atoms with Crippen LogP contribution in [0.2, 0.25) is 0 Å². The topological polar surface area (TPSA) is 0 Å². The van der Waals surface area contributed by atoms with Crippen molar-refractivity contribution in [3.8, 4) is 0 Å². The second kappa shape index (κ2) is 6.33. The minimum Gasteiger partial charge on any atom is -0.207 e. The lowest BCUT2D eigenvalue weighted by molar-refractivity contribution is 0.433. The van der Waals surface area contributed by atoms with E-state index in [4.69, 9.17) is 11.6 Å². The fraction of sp³-hybridized carbons (Fsp3) is 0.571. The summed E-state index contributed by atoms with van der Waals surface area (Å²) in [6, 6.07) is 2.39. The molecule has 18 heavy (non-hydrogen) atoms. The summed E-state index contributed by atoms with van der Waals surface area (Å²) in [5.74, 6) is -0.623. The quantitative estimate of drug-likeness (QED) is 0.354. The largest absolute Gasteiger partial charge is 0.207 e. The van der Waals surface area contributed by atoms with Gasteiger partial charge in [0.2, 0.25) is 0 Å². The molecule has 100 valence electrons. The lowest BCUT2D eigenvalue weighted by Crippen LogP contribution is -2.09. The molecule has 0 aliphatic heterocycles. The van der Waals surface area contributed by atoms with Crippen molar-refractivity contribution >= 4 is 27.5 Å². The summed E-state index contributed by atoms with van der Waals surface area (Å²) in [6.45, 7) is 0. The van der Waals surface area contributed by atoms with Gasteiger partial charge in [-0.25, -0.2) is 8.78 Å². The van der Waals surface area contributed by atoms with Gasteiger partial charge in [-0.1, -0.05) is 25.7 Å². The molecular formula is C14H16BrClF2. The van der Waals surface area contributed by atoms with Gasteiger partial charge in [-0.05, 0) is 46.8 Å². The molecule has 2 rings (SSSR count). The Balaban J connectivity index is 2.21. The third kappa shape index (κ3) is 3.24. The van der Waals surface area contributed by atoms with Crippen LogP contribution in [0, 0.1) is 17.6 Å². The van der Waals surface area contributed by atoms with Crippen LogP contribution in [0.4, 0.5) is 8.78 Å². The Morgan fingerprint density at radius 1 is 1.06 bits per heavy atom. The van der Waals surface area contributed by atoms with Crippen LogP contribution in [0.1, 0.15) is 49.5 Å². The van der Waals surface area contributed by atoms with Crippen LogP contribution in [0.25, 0.3) is 0 Å². The van der Waals surface area contributed by atoms with Crippen LogP contribution >= 0.6 is 27.5 Å². The molecule has 1 aliphatic rings. The first kappa shape index (κ1) is 14.3. The Morgan fingerprint density at radius 3 is 2.28 bits per heavy atom. The molecule has 1 fully saturated rings. The molecule has 1 aliphatic carbocycles. The van der Waals surface area contributed by atoms with Crippen LogP contribution in [-0.4, -0.2) is 0 Å². The van der Waals surface area contributed by atoms with Gasteiger partial charge in [0.1, 0.15) is 11.6 Å². The molecule has 0 bridgehead atoms. The minimum absolute atomic E-state index is 0.147. The average molecular weight is 338 g/mol. The molecule has 1 unspecified atom stereocenters. The summed E-state index contributed by atoms with van der Waals surface area (Å²) >= 11 is 9.34. The lowest BCUT2D eigenvalue weighted by atomic mass is 9.91. The molecule has 1 aromatic carbocycles. The van der Waals surface area contributed by atoms with Crippen molar-refractivity contribution in [2.45, 2.75) is 43.9 Å². The van der Waals surface area contributed by atoms with Gasteiger partial charge in [0, 0.05) is 5.56 Å². The first-order chi connectivity index (χ1) is 8.59. The van der Waals surface area contributed by atoms with Crippen molar-refractivity contribution in [3.63, 3.8) is 0 Å². The smallest absolute Gasteiger partial charge is 0.137 e. The molecule has 0 saturated heterocycles. The van der Waals surface area contributed by atoms with Crippen molar-refractivity contribution in [3.05, 3.63) is 33.8 Å². The normalized spacial score (nSPS) is 19.6. The number of alkyl halides is 1. The Labute approximate surface area is 120 Å². The van der Waals surface area contributed by atoms with Crippen molar-refractivity contribution in [1.29, 1.82) is 0 Å². The highest BCUT2D eigenvalue weighted by Crippen LogP contribution is 2.39. The minimum atomic E-state index is -0.453. The van der Waals surface area contributed by atoms with E-state index in [0.717, 1.165) is 31.7 Å². The second-order valence-corrected chi connectivity index (χ2v) is 6.27. The van der Waals surface area contributed by atoms with Crippen molar-refractivity contribution in [2.75, 3.05) is 0 Å². The van der Waals surface area contributed by atoms with Crippen molar-refractivity contribution < 1.29 is 8.78 Å².